The van der Waals surface area contributed by atoms with Crippen LogP contribution in [0.1, 0.15) is 43.4 Å². The Hall–Kier alpha value is -1.88. The number of rotatable bonds is 2. The highest BCUT2D eigenvalue weighted by Crippen LogP contribution is 2.40. The molecular formula is C15H15ClFN3O. The quantitative estimate of drug-likeness (QED) is 0.919. The Morgan fingerprint density at radius 1 is 1.43 bits per heavy atom. The Morgan fingerprint density at radius 2 is 2.19 bits per heavy atom. The number of carbonyl (C=O) groups is 1. The van der Waals surface area contributed by atoms with Crippen LogP contribution in [0.15, 0.2) is 24.4 Å². The van der Waals surface area contributed by atoms with Crippen LogP contribution in [0.4, 0.5) is 10.2 Å². The van der Waals surface area contributed by atoms with Crippen LogP contribution in [0.2, 0.25) is 5.02 Å². The molecule has 110 valence electrons. The van der Waals surface area contributed by atoms with Gasteiger partial charge in [-0.15, -0.1) is 0 Å². The molecule has 1 N–H and O–H groups in total. The van der Waals surface area contributed by atoms with E-state index in [1.165, 1.54) is 12.1 Å². The van der Waals surface area contributed by atoms with Crippen molar-refractivity contribution in [1.29, 1.82) is 0 Å². The van der Waals surface area contributed by atoms with E-state index in [0.717, 1.165) is 11.1 Å². The molecule has 3 rings (SSSR count). The molecule has 1 aliphatic rings. The van der Waals surface area contributed by atoms with E-state index in [2.05, 4.69) is 10.4 Å². The molecule has 2 aromatic rings. The third kappa shape index (κ3) is 2.42. The van der Waals surface area contributed by atoms with Crippen LogP contribution in [-0.2, 0) is 4.79 Å². The Morgan fingerprint density at radius 3 is 2.86 bits per heavy atom. The van der Waals surface area contributed by atoms with Gasteiger partial charge in [0.05, 0.1) is 6.20 Å². The maximum atomic E-state index is 13.2. The lowest BCUT2D eigenvalue weighted by Gasteiger charge is -2.25. The van der Waals surface area contributed by atoms with Gasteiger partial charge in [0.15, 0.2) is 0 Å². The van der Waals surface area contributed by atoms with Crippen molar-refractivity contribution in [3.05, 3.63) is 46.4 Å². The number of nitrogens with zero attached hydrogens (tertiary/aromatic N) is 2. The number of carbonyl (C=O) groups excluding carboxylic acids is 1. The van der Waals surface area contributed by atoms with Gasteiger partial charge in [-0.1, -0.05) is 17.7 Å². The zero-order valence-corrected chi connectivity index (χ0v) is 12.5. The number of hydrogen-bond acceptors (Lipinski definition) is 2. The van der Waals surface area contributed by atoms with E-state index in [4.69, 9.17) is 11.6 Å². The van der Waals surface area contributed by atoms with Gasteiger partial charge in [0.25, 0.3) is 0 Å². The maximum Gasteiger partial charge on any atom is 0.226 e. The van der Waals surface area contributed by atoms with Crippen LogP contribution in [0.25, 0.3) is 0 Å². The molecule has 0 unspecified atom stereocenters. The number of aromatic nitrogens is 2. The molecule has 1 atom stereocenters. The topological polar surface area (TPSA) is 46.9 Å². The summed E-state index contributed by atoms with van der Waals surface area (Å²) in [5.74, 6) is 0.0263. The van der Waals surface area contributed by atoms with Crippen molar-refractivity contribution in [3.63, 3.8) is 0 Å². The Bertz CT molecular complexity index is 711. The highest BCUT2D eigenvalue weighted by Gasteiger charge is 2.31. The number of halogens is 2. The van der Waals surface area contributed by atoms with Crippen molar-refractivity contribution in [1.82, 2.24) is 9.78 Å². The minimum absolute atomic E-state index is 0.0877. The van der Waals surface area contributed by atoms with Gasteiger partial charge in [-0.05, 0) is 31.5 Å². The normalized spacial score (nSPS) is 17.8. The van der Waals surface area contributed by atoms with E-state index in [9.17, 15) is 9.18 Å². The molecule has 0 fully saturated rings. The Balaban J connectivity index is 2.11. The molecular weight excluding hydrogens is 293 g/mol. The average molecular weight is 308 g/mol. The van der Waals surface area contributed by atoms with E-state index < -0.39 is 0 Å². The second-order valence-corrected chi connectivity index (χ2v) is 5.86. The van der Waals surface area contributed by atoms with Gasteiger partial charge in [0, 0.05) is 29.0 Å². The SMILES string of the molecule is CC(C)n1ncc2c1NC(=O)C[C@@H]2c1ccc(F)cc1Cl. The Labute approximate surface area is 126 Å². The third-order valence-corrected chi connectivity index (χ3v) is 4.00. The van der Waals surface area contributed by atoms with Crippen LogP contribution in [0, 0.1) is 5.82 Å². The third-order valence-electron chi connectivity index (χ3n) is 3.67. The second-order valence-electron chi connectivity index (χ2n) is 5.46. The second kappa shape index (κ2) is 5.15. The molecule has 1 aromatic carbocycles. The smallest absolute Gasteiger partial charge is 0.226 e. The molecule has 1 aliphatic heterocycles. The van der Waals surface area contributed by atoms with Crippen molar-refractivity contribution in [2.24, 2.45) is 0 Å². The lowest BCUT2D eigenvalue weighted by Crippen LogP contribution is -2.25. The number of fused-ring (bicyclic) bond motifs is 1. The summed E-state index contributed by atoms with van der Waals surface area (Å²) < 4.78 is 15.0. The molecule has 2 heterocycles. The number of benzene rings is 1. The maximum absolute atomic E-state index is 13.2. The van der Waals surface area contributed by atoms with E-state index in [1.54, 1.807) is 16.9 Å². The molecule has 0 saturated carbocycles. The van der Waals surface area contributed by atoms with Gasteiger partial charge in [-0.25, -0.2) is 9.07 Å². The van der Waals surface area contributed by atoms with E-state index in [-0.39, 0.29) is 30.1 Å². The van der Waals surface area contributed by atoms with E-state index >= 15 is 0 Å². The van der Waals surface area contributed by atoms with Crippen molar-refractivity contribution in [3.8, 4) is 0 Å². The van der Waals surface area contributed by atoms with Crippen LogP contribution in [0.5, 0.6) is 0 Å². The lowest BCUT2D eigenvalue weighted by molar-refractivity contribution is -0.116. The molecule has 0 bridgehead atoms. The number of nitrogens with one attached hydrogen (secondary N) is 1. The summed E-state index contributed by atoms with van der Waals surface area (Å²) in [7, 11) is 0. The van der Waals surface area contributed by atoms with Gasteiger partial charge in [-0.2, -0.15) is 5.10 Å². The van der Waals surface area contributed by atoms with Gasteiger partial charge in [0.1, 0.15) is 11.6 Å². The summed E-state index contributed by atoms with van der Waals surface area (Å²) in [6, 6.07) is 4.41. The van der Waals surface area contributed by atoms with Gasteiger partial charge in [0.2, 0.25) is 5.91 Å². The Kier molecular flexibility index (Phi) is 3.45. The first-order valence-corrected chi connectivity index (χ1v) is 7.17. The van der Waals surface area contributed by atoms with E-state index in [1.807, 2.05) is 13.8 Å². The number of anilines is 1. The monoisotopic (exact) mass is 307 g/mol. The van der Waals surface area contributed by atoms with Crippen molar-refractivity contribution in [2.75, 3.05) is 5.32 Å². The highest BCUT2D eigenvalue weighted by atomic mass is 35.5. The summed E-state index contributed by atoms with van der Waals surface area (Å²) in [6.45, 7) is 3.99. The van der Waals surface area contributed by atoms with Gasteiger partial charge >= 0.3 is 0 Å². The summed E-state index contributed by atoms with van der Waals surface area (Å²) >= 11 is 6.15. The van der Waals surface area contributed by atoms with Crippen LogP contribution in [0.3, 0.4) is 0 Å². The largest absolute Gasteiger partial charge is 0.311 e. The highest BCUT2D eigenvalue weighted by molar-refractivity contribution is 6.31. The zero-order valence-electron chi connectivity index (χ0n) is 11.7. The summed E-state index contributed by atoms with van der Waals surface area (Å²) in [4.78, 5) is 12.0. The molecule has 21 heavy (non-hydrogen) atoms. The van der Waals surface area contributed by atoms with Crippen molar-refractivity contribution < 1.29 is 9.18 Å². The molecule has 0 saturated heterocycles. The van der Waals surface area contributed by atoms with Gasteiger partial charge < -0.3 is 5.32 Å². The van der Waals surface area contributed by atoms with E-state index in [0.29, 0.717) is 10.8 Å². The fourth-order valence-electron chi connectivity index (χ4n) is 2.69. The van der Waals surface area contributed by atoms with Crippen molar-refractivity contribution in [2.45, 2.75) is 32.2 Å². The summed E-state index contributed by atoms with van der Waals surface area (Å²) in [5.41, 5.74) is 1.66. The first-order valence-electron chi connectivity index (χ1n) is 6.79. The minimum Gasteiger partial charge on any atom is -0.311 e. The molecule has 6 heteroatoms. The van der Waals surface area contributed by atoms with Crippen LogP contribution >= 0.6 is 11.6 Å². The molecule has 1 aromatic heterocycles. The number of hydrogen-bond donors (Lipinski definition) is 1. The van der Waals surface area contributed by atoms with Crippen LogP contribution in [-0.4, -0.2) is 15.7 Å². The zero-order chi connectivity index (χ0) is 15.1. The molecule has 0 spiro atoms. The van der Waals surface area contributed by atoms with Gasteiger partial charge in [-0.3, -0.25) is 4.79 Å². The standard InChI is InChI=1S/C15H15ClFN3O/c1-8(2)20-15-12(7-18-20)11(6-14(21)19-15)10-4-3-9(17)5-13(10)16/h3-5,7-8,11H,6H2,1-2H3,(H,19,21)/t11-/m1/s1. The number of amides is 1. The molecule has 1 amide bonds. The fraction of sp³-hybridized carbons (Fsp3) is 0.333. The predicted molar refractivity (Wildman–Crippen MR) is 79.1 cm³/mol. The molecule has 0 radical (unpaired) electrons. The van der Waals surface area contributed by atoms with Crippen LogP contribution < -0.4 is 5.32 Å². The molecule has 4 nitrogen and oxygen atoms in total. The van der Waals surface area contributed by atoms with Crippen molar-refractivity contribution >= 4 is 23.3 Å². The fourth-order valence-corrected chi connectivity index (χ4v) is 2.99. The molecule has 0 aliphatic carbocycles. The summed E-state index contributed by atoms with van der Waals surface area (Å²) in [6.07, 6.45) is 2.03. The predicted octanol–water partition coefficient (Wildman–Crippen LogP) is 3.73. The first-order chi connectivity index (χ1) is 9.97. The minimum atomic E-state index is -0.387. The first kappa shape index (κ1) is 14.1. The average Bonchev–Trinajstić information content (AvgIpc) is 2.81. The lowest BCUT2D eigenvalue weighted by atomic mass is 9.87. The summed E-state index contributed by atoms with van der Waals surface area (Å²) in [5, 5.41) is 7.54.